The van der Waals surface area contributed by atoms with Crippen LogP contribution < -0.4 is 9.47 Å². The van der Waals surface area contributed by atoms with Gasteiger partial charge < -0.3 is 9.47 Å². The number of carbonyl (C=O) groups excluding carboxylic acids is 2. The third-order valence-corrected chi connectivity index (χ3v) is 6.63. The van der Waals surface area contributed by atoms with E-state index in [0.717, 1.165) is 22.2 Å². The van der Waals surface area contributed by atoms with Crippen LogP contribution in [0.4, 0.5) is 4.79 Å². The van der Waals surface area contributed by atoms with Crippen molar-refractivity contribution in [1.29, 1.82) is 5.26 Å². The maximum Gasteiger partial charge on any atom is 0.293 e. The molecule has 35 heavy (non-hydrogen) atoms. The second-order valence-electron chi connectivity index (χ2n) is 7.49. The molecule has 0 saturated carbocycles. The highest BCUT2D eigenvalue weighted by Gasteiger charge is 2.35. The van der Waals surface area contributed by atoms with E-state index in [4.69, 9.17) is 32.7 Å². The summed E-state index contributed by atoms with van der Waals surface area (Å²) >= 11 is 13.2. The Morgan fingerprint density at radius 1 is 1.09 bits per heavy atom. The fraction of sp³-hybridized carbons (Fsp3) is 0.115. The molecule has 1 aliphatic rings. The molecule has 1 aliphatic heterocycles. The van der Waals surface area contributed by atoms with Crippen LogP contribution in [0.5, 0.6) is 11.5 Å². The van der Waals surface area contributed by atoms with Crippen molar-refractivity contribution >= 4 is 52.2 Å². The second-order valence-corrected chi connectivity index (χ2v) is 9.32. The molecule has 0 atom stereocenters. The first-order chi connectivity index (χ1) is 16.9. The van der Waals surface area contributed by atoms with E-state index >= 15 is 0 Å². The average Bonchev–Trinajstić information content (AvgIpc) is 3.11. The monoisotopic (exact) mass is 524 g/mol. The van der Waals surface area contributed by atoms with Crippen LogP contribution in [0.3, 0.4) is 0 Å². The number of hydrogen-bond donors (Lipinski definition) is 0. The summed E-state index contributed by atoms with van der Waals surface area (Å²) in [6, 6.07) is 19.5. The molecule has 3 aromatic carbocycles. The minimum atomic E-state index is -0.439. The van der Waals surface area contributed by atoms with Crippen molar-refractivity contribution in [2.45, 2.75) is 13.2 Å². The van der Waals surface area contributed by atoms with Crippen LogP contribution in [0, 0.1) is 11.3 Å². The molecule has 1 fully saturated rings. The maximum absolute atomic E-state index is 12.9. The Balaban J connectivity index is 1.54. The average molecular weight is 525 g/mol. The van der Waals surface area contributed by atoms with Crippen molar-refractivity contribution in [2.75, 3.05) is 7.11 Å². The van der Waals surface area contributed by atoms with Gasteiger partial charge in [-0.25, -0.2) is 0 Å². The number of imide groups is 1. The number of hydrogen-bond acceptors (Lipinski definition) is 6. The first-order valence-electron chi connectivity index (χ1n) is 10.4. The minimum absolute atomic E-state index is 0.0211. The highest BCUT2D eigenvalue weighted by Crippen LogP contribution is 2.39. The van der Waals surface area contributed by atoms with Gasteiger partial charge in [-0.1, -0.05) is 53.5 Å². The highest BCUT2D eigenvalue weighted by atomic mass is 35.5. The first kappa shape index (κ1) is 24.7. The molecule has 0 aromatic heterocycles. The molecule has 0 unspecified atom stereocenters. The van der Waals surface area contributed by atoms with Crippen LogP contribution in [0.15, 0.2) is 65.6 Å². The first-order valence-corrected chi connectivity index (χ1v) is 11.9. The number of thioether (sulfide) groups is 1. The molecule has 0 bridgehead atoms. The van der Waals surface area contributed by atoms with E-state index in [-0.39, 0.29) is 18.1 Å². The SMILES string of the molecule is COc1cc(/C=C2/SC(=O)N(Cc3ccccc3C#N)C2=O)cc(Cl)c1OCc1ccc(Cl)cc1. The van der Waals surface area contributed by atoms with Gasteiger partial charge in [0.05, 0.1) is 35.2 Å². The summed E-state index contributed by atoms with van der Waals surface area (Å²) < 4.78 is 11.3. The van der Waals surface area contributed by atoms with Crippen LogP contribution in [-0.4, -0.2) is 23.2 Å². The molecule has 2 amide bonds. The molecule has 176 valence electrons. The van der Waals surface area contributed by atoms with E-state index in [9.17, 15) is 14.9 Å². The molecule has 0 aliphatic carbocycles. The predicted octanol–water partition coefficient (Wildman–Crippen LogP) is 6.69. The molecule has 4 rings (SSSR count). The molecule has 0 spiro atoms. The van der Waals surface area contributed by atoms with E-state index in [1.165, 1.54) is 7.11 Å². The Kier molecular flexibility index (Phi) is 7.67. The lowest BCUT2D eigenvalue weighted by atomic mass is 10.1. The van der Waals surface area contributed by atoms with E-state index < -0.39 is 11.1 Å². The fourth-order valence-corrected chi connectivity index (χ4v) is 4.66. The molecule has 3 aromatic rings. The van der Waals surface area contributed by atoms with Gasteiger partial charge in [0.1, 0.15) is 6.61 Å². The normalized spacial score (nSPS) is 14.3. The highest BCUT2D eigenvalue weighted by molar-refractivity contribution is 8.18. The van der Waals surface area contributed by atoms with Gasteiger partial charge in [-0.2, -0.15) is 5.26 Å². The number of nitriles is 1. The number of methoxy groups -OCH3 is 1. The standard InChI is InChI=1S/C26H18Cl2N2O4S/c1-33-22-11-17(10-21(28)24(22)34-15-16-6-8-20(27)9-7-16)12-23-25(31)30(26(32)35-23)14-19-5-3-2-4-18(19)13-29/h2-12H,14-15H2,1H3/b23-12+. The van der Waals surface area contributed by atoms with Gasteiger partial charge in [-0.05, 0) is 64.9 Å². The van der Waals surface area contributed by atoms with Crippen LogP contribution in [0.25, 0.3) is 6.08 Å². The Hall–Kier alpha value is -3.44. The van der Waals surface area contributed by atoms with E-state index in [1.807, 2.05) is 12.1 Å². The summed E-state index contributed by atoms with van der Waals surface area (Å²) in [5.74, 6) is 0.313. The number of rotatable bonds is 7. The maximum atomic E-state index is 12.9. The van der Waals surface area contributed by atoms with Gasteiger partial charge >= 0.3 is 0 Å². The summed E-state index contributed by atoms with van der Waals surface area (Å²) in [6.45, 7) is 0.281. The van der Waals surface area contributed by atoms with Crippen molar-refractivity contribution in [3.63, 3.8) is 0 Å². The zero-order valence-electron chi connectivity index (χ0n) is 18.5. The molecule has 1 heterocycles. The van der Waals surface area contributed by atoms with Crippen LogP contribution in [-0.2, 0) is 17.9 Å². The van der Waals surface area contributed by atoms with Gasteiger partial charge in [-0.15, -0.1) is 0 Å². The number of ether oxygens (including phenoxy) is 2. The Bertz CT molecular complexity index is 1370. The van der Waals surface area contributed by atoms with Crippen molar-refractivity contribution < 1.29 is 19.1 Å². The molecule has 0 N–H and O–H groups in total. The summed E-state index contributed by atoms with van der Waals surface area (Å²) in [4.78, 5) is 26.9. The number of benzene rings is 3. The number of carbonyl (C=O) groups is 2. The van der Waals surface area contributed by atoms with E-state index in [2.05, 4.69) is 6.07 Å². The fourth-order valence-electron chi connectivity index (χ4n) is 3.42. The smallest absolute Gasteiger partial charge is 0.293 e. The van der Waals surface area contributed by atoms with Gasteiger partial charge in [0.25, 0.3) is 11.1 Å². The number of amides is 2. The predicted molar refractivity (Wildman–Crippen MR) is 136 cm³/mol. The second kappa shape index (κ2) is 10.9. The van der Waals surface area contributed by atoms with Crippen LogP contribution in [0.2, 0.25) is 10.0 Å². The Labute approximate surface area is 216 Å². The lowest BCUT2D eigenvalue weighted by Crippen LogP contribution is -2.27. The number of halogens is 2. The third kappa shape index (κ3) is 5.63. The van der Waals surface area contributed by atoms with E-state index in [1.54, 1.807) is 54.6 Å². The number of nitrogens with zero attached hydrogens (tertiary/aromatic N) is 2. The van der Waals surface area contributed by atoms with Crippen molar-refractivity contribution in [3.8, 4) is 17.6 Å². The lowest BCUT2D eigenvalue weighted by Gasteiger charge is -2.14. The molecule has 9 heteroatoms. The Morgan fingerprint density at radius 2 is 1.83 bits per heavy atom. The largest absolute Gasteiger partial charge is 0.493 e. The van der Waals surface area contributed by atoms with Gasteiger partial charge in [-0.3, -0.25) is 14.5 Å². The molecule has 6 nitrogen and oxygen atoms in total. The summed E-state index contributed by atoms with van der Waals surface area (Å²) in [5.41, 5.74) is 2.50. The molecule has 1 saturated heterocycles. The van der Waals surface area contributed by atoms with Crippen molar-refractivity contribution in [1.82, 2.24) is 4.90 Å². The van der Waals surface area contributed by atoms with Gasteiger partial charge in [0, 0.05) is 5.02 Å². The van der Waals surface area contributed by atoms with Crippen LogP contribution in [0.1, 0.15) is 22.3 Å². The van der Waals surface area contributed by atoms with E-state index in [0.29, 0.717) is 38.2 Å². The molecule has 0 radical (unpaired) electrons. The van der Waals surface area contributed by atoms with Crippen molar-refractivity contribution in [2.24, 2.45) is 0 Å². The van der Waals surface area contributed by atoms with Crippen LogP contribution >= 0.6 is 35.0 Å². The van der Waals surface area contributed by atoms with Gasteiger partial charge in [0.15, 0.2) is 11.5 Å². The molecular weight excluding hydrogens is 507 g/mol. The topological polar surface area (TPSA) is 79.6 Å². The summed E-state index contributed by atoms with van der Waals surface area (Å²) in [6.07, 6.45) is 1.58. The summed E-state index contributed by atoms with van der Waals surface area (Å²) in [7, 11) is 1.49. The summed E-state index contributed by atoms with van der Waals surface area (Å²) in [5, 5.41) is 9.81. The van der Waals surface area contributed by atoms with Crippen molar-refractivity contribution in [3.05, 3.63) is 97.9 Å². The minimum Gasteiger partial charge on any atom is -0.493 e. The third-order valence-electron chi connectivity index (χ3n) is 5.19. The quantitative estimate of drug-likeness (QED) is 0.320. The Morgan fingerprint density at radius 3 is 2.54 bits per heavy atom. The molecular formula is C26H18Cl2N2O4S. The lowest BCUT2D eigenvalue weighted by molar-refractivity contribution is -0.123. The zero-order chi connectivity index (χ0) is 24.9. The van der Waals surface area contributed by atoms with Gasteiger partial charge in [0.2, 0.25) is 0 Å². The zero-order valence-corrected chi connectivity index (χ0v) is 20.8.